The number of rotatable bonds is 3. The van der Waals surface area contributed by atoms with Gasteiger partial charge >= 0.3 is 0 Å². The molecule has 1 aliphatic heterocycles. The minimum atomic E-state index is 0.285. The third-order valence-corrected chi connectivity index (χ3v) is 4.77. The van der Waals surface area contributed by atoms with Crippen molar-refractivity contribution >= 4 is 52.4 Å². The fourth-order valence-corrected chi connectivity index (χ4v) is 3.35. The molecule has 2 nitrogen and oxygen atoms in total. The monoisotopic (exact) mass is 296 g/mol. The molecule has 1 aliphatic rings. The first-order chi connectivity index (χ1) is 7.66. The van der Waals surface area contributed by atoms with Crippen molar-refractivity contribution in [3.05, 3.63) is 21.3 Å². The van der Waals surface area contributed by atoms with Crippen LogP contribution < -0.4 is 5.32 Å². The number of anilines is 1. The highest BCUT2D eigenvalue weighted by Gasteiger charge is 2.16. The number of aromatic nitrogens is 1. The minimum Gasteiger partial charge on any atom is -0.368 e. The average Bonchev–Trinajstić information content (AvgIpc) is 2.74. The van der Waals surface area contributed by atoms with E-state index in [-0.39, 0.29) is 5.15 Å². The van der Waals surface area contributed by atoms with Gasteiger partial charge in [0.25, 0.3) is 0 Å². The molecule has 0 aromatic carbocycles. The van der Waals surface area contributed by atoms with Gasteiger partial charge in [0, 0.05) is 11.8 Å². The van der Waals surface area contributed by atoms with Crippen LogP contribution >= 0.6 is 46.6 Å². The predicted octanol–water partition coefficient (Wildman–Crippen LogP) is 4.35. The van der Waals surface area contributed by atoms with Gasteiger partial charge in [0.1, 0.15) is 11.0 Å². The molecule has 6 heteroatoms. The number of thioether (sulfide) groups is 1. The van der Waals surface area contributed by atoms with Crippen LogP contribution in [-0.2, 0) is 0 Å². The zero-order valence-electron chi connectivity index (χ0n) is 8.47. The van der Waals surface area contributed by atoms with E-state index in [2.05, 4.69) is 10.3 Å². The van der Waals surface area contributed by atoms with Crippen LogP contribution in [0, 0.1) is 0 Å². The van der Waals surface area contributed by atoms with Crippen molar-refractivity contribution in [2.45, 2.75) is 18.1 Å². The molecule has 0 radical (unpaired) electrons. The molecule has 1 atom stereocenters. The molecule has 2 heterocycles. The first-order valence-corrected chi connectivity index (χ1v) is 7.22. The third-order valence-electron chi connectivity index (χ3n) is 2.41. The SMILES string of the molecule is Clc1cc(Cl)c(NCC2CCCS2)nc1Cl. The van der Waals surface area contributed by atoms with Gasteiger partial charge in [-0.3, -0.25) is 0 Å². The molecule has 2 rings (SSSR count). The Kier molecular flexibility index (Phi) is 4.48. The summed E-state index contributed by atoms with van der Waals surface area (Å²) in [7, 11) is 0. The van der Waals surface area contributed by atoms with Crippen molar-refractivity contribution in [2.24, 2.45) is 0 Å². The van der Waals surface area contributed by atoms with Crippen molar-refractivity contribution in [2.75, 3.05) is 17.6 Å². The molecule has 1 saturated heterocycles. The zero-order chi connectivity index (χ0) is 11.5. The second-order valence-corrected chi connectivity index (χ2v) is 6.19. The number of hydrogen-bond donors (Lipinski definition) is 1. The van der Waals surface area contributed by atoms with Crippen LogP contribution in [0.3, 0.4) is 0 Å². The van der Waals surface area contributed by atoms with Gasteiger partial charge in [-0.1, -0.05) is 34.8 Å². The van der Waals surface area contributed by atoms with E-state index in [0.29, 0.717) is 21.1 Å². The van der Waals surface area contributed by atoms with Crippen molar-refractivity contribution in [1.82, 2.24) is 4.98 Å². The predicted molar refractivity (Wildman–Crippen MR) is 73.2 cm³/mol. The second-order valence-electron chi connectivity index (χ2n) is 3.61. The first-order valence-electron chi connectivity index (χ1n) is 5.04. The molecule has 0 spiro atoms. The number of pyridine rings is 1. The summed E-state index contributed by atoms with van der Waals surface area (Å²) in [6.45, 7) is 0.870. The topological polar surface area (TPSA) is 24.9 Å². The Morgan fingerprint density at radius 3 is 2.88 bits per heavy atom. The van der Waals surface area contributed by atoms with E-state index in [9.17, 15) is 0 Å². The van der Waals surface area contributed by atoms with Gasteiger partial charge in [-0.15, -0.1) is 0 Å². The van der Waals surface area contributed by atoms with Gasteiger partial charge in [-0.25, -0.2) is 4.98 Å². The number of nitrogens with zero attached hydrogens (tertiary/aromatic N) is 1. The molecule has 0 bridgehead atoms. The summed E-state index contributed by atoms with van der Waals surface area (Å²) in [5, 5.41) is 5.04. The maximum atomic E-state index is 6.01. The van der Waals surface area contributed by atoms with Crippen molar-refractivity contribution in [3.8, 4) is 0 Å². The normalized spacial score (nSPS) is 20.1. The lowest BCUT2D eigenvalue weighted by Crippen LogP contribution is -2.14. The van der Waals surface area contributed by atoms with Crippen LogP contribution in [0.1, 0.15) is 12.8 Å². The van der Waals surface area contributed by atoms with E-state index in [1.807, 2.05) is 11.8 Å². The highest BCUT2D eigenvalue weighted by atomic mass is 35.5. The van der Waals surface area contributed by atoms with Crippen molar-refractivity contribution < 1.29 is 0 Å². The second kappa shape index (κ2) is 5.67. The lowest BCUT2D eigenvalue weighted by molar-refractivity contribution is 0.803. The molecule has 1 unspecified atom stereocenters. The summed E-state index contributed by atoms with van der Waals surface area (Å²) in [4.78, 5) is 4.11. The zero-order valence-corrected chi connectivity index (χ0v) is 11.6. The first kappa shape index (κ1) is 12.6. The van der Waals surface area contributed by atoms with Crippen molar-refractivity contribution in [3.63, 3.8) is 0 Å². The molecule has 1 N–H and O–H groups in total. The molecule has 0 saturated carbocycles. The maximum Gasteiger partial charge on any atom is 0.150 e. The number of nitrogens with one attached hydrogen (secondary N) is 1. The van der Waals surface area contributed by atoms with Gasteiger partial charge < -0.3 is 5.32 Å². The minimum absolute atomic E-state index is 0.285. The summed E-state index contributed by atoms with van der Waals surface area (Å²) in [6, 6.07) is 1.61. The Hall–Kier alpha value is 0.170. The molecular weight excluding hydrogens is 287 g/mol. The number of hydrogen-bond acceptors (Lipinski definition) is 3. The highest BCUT2D eigenvalue weighted by Crippen LogP contribution is 2.30. The summed E-state index contributed by atoms with van der Waals surface area (Å²) in [5.74, 6) is 1.86. The Morgan fingerprint density at radius 1 is 1.38 bits per heavy atom. The van der Waals surface area contributed by atoms with Gasteiger partial charge in [0.05, 0.1) is 10.0 Å². The molecule has 0 amide bonds. The van der Waals surface area contributed by atoms with E-state index in [4.69, 9.17) is 34.8 Å². The highest BCUT2D eigenvalue weighted by molar-refractivity contribution is 8.00. The third kappa shape index (κ3) is 3.10. The fraction of sp³-hybridized carbons (Fsp3) is 0.500. The maximum absolute atomic E-state index is 6.01. The van der Waals surface area contributed by atoms with Gasteiger partial charge in [0.15, 0.2) is 0 Å². The molecule has 88 valence electrons. The molecule has 1 aromatic heterocycles. The quantitative estimate of drug-likeness (QED) is 0.840. The number of halogens is 3. The van der Waals surface area contributed by atoms with E-state index in [1.165, 1.54) is 18.6 Å². The van der Waals surface area contributed by atoms with Gasteiger partial charge in [-0.2, -0.15) is 11.8 Å². The van der Waals surface area contributed by atoms with Crippen LogP contribution in [0.4, 0.5) is 5.82 Å². The van der Waals surface area contributed by atoms with Crippen LogP contribution in [0.5, 0.6) is 0 Å². The van der Waals surface area contributed by atoms with Crippen LogP contribution in [0.2, 0.25) is 15.2 Å². The van der Waals surface area contributed by atoms with E-state index >= 15 is 0 Å². The summed E-state index contributed by atoms with van der Waals surface area (Å²) in [5.41, 5.74) is 0. The van der Waals surface area contributed by atoms with Crippen LogP contribution in [0.25, 0.3) is 0 Å². The molecule has 16 heavy (non-hydrogen) atoms. The lowest BCUT2D eigenvalue weighted by atomic mass is 10.2. The van der Waals surface area contributed by atoms with E-state index in [1.54, 1.807) is 6.07 Å². The Bertz CT molecular complexity index is 381. The molecular formula is C10H11Cl3N2S. The Balaban J connectivity index is 2.00. The van der Waals surface area contributed by atoms with Crippen LogP contribution in [-0.4, -0.2) is 22.5 Å². The molecule has 1 fully saturated rings. The molecule has 1 aromatic rings. The summed E-state index contributed by atoms with van der Waals surface area (Å²) >= 11 is 19.6. The Labute approximate surface area is 114 Å². The average molecular weight is 298 g/mol. The van der Waals surface area contributed by atoms with Crippen LogP contribution in [0.15, 0.2) is 6.07 Å². The smallest absolute Gasteiger partial charge is 0.150 e. The Morgan fingerprint density at radius 2 is 2.19 bits per heavy atom. The summed E-state index contributed by atoms with van der Waals surface area (Å²) < 4.78 is 0. The fourth-order valence-electron chi connectivity index (χ4n) is 1.58. The van der Waals surface area contributed by atoms with E-state index in [0.717, 1.165) is 6.54 Å². The molecule has 0 aliphatic carbocycles. The standard InChI is InChI=1S/C10H11Cl3N2S/c11-7-4-8(12)10(15-9(7)13)14-5-6-2-1-3-16-6/h4,6H,1-3,5H2,(H,14,15). The summed E-state index contributed by atoms with van der Waals surface area (Å²) in [6.07, 6.45) is 2.54. The van der Waals surface area contributed by atoms with Gasteiger partial charge in [-0.05, 0) is 24.7 Å². The lowest BCUT2D eigenvalue weighted by Gasteiger charge is -2.12. The van der Waals surface area contributed by atoms with Gasteiger partial charge in [0.2, 0.25) is 0 Å². The largest absolute Gasteiger partial charge is 0.368 e. The van der Waals surface area contributed by atoms with Crippen molar-refractivity contribution in [1.29, 1.82) is 0 Å². The van der Waals surface area contributed by atoms with E-state index < -0.39 is 0 Å².